The van der Waals surface area contributed by atoms with Gasteiger partial charge in [0.15, 0.2) is 0 Å². The second kappa shape index (κ2) is 19.0. The Labute approximate surface area is 499 Å². The third-order valence-electron chi connectivity index (χ3n) is 19.4. The zero-order chi connectivity index (χ0) is 57.3. The lowest BCUT2D eigenvalue weighted by molar-refractivity contribution is 0.645. The van der Waals surface area contributed by atoms with E-state index in [1.165, 1.54) is 122 Å². The monoisotopic (exact) mass is 1090 g/mol. The molecule has 16 rings (SSSR count). The highest BCUT2D eigenvalue weighted by Crippen LogP contribution is 2.58. The second-order valence-corrected chi connectivity index (χ2v) is 25.2. The molecule has 2 heteroatoms. The standard InChI is InChI=1S/C83H64N2/c1-81(2)70-36-20-16-33-62(70)64-45-41-57(50-73(64)81)84(76-39-22-18-31-60(76)53-25-10-7-11-26-53)56-43-47-67-69(49-56)66-35-24-38-72-79(66)80(78(67)55-29-14-9-15-30-55)68-48-44-59(52-75(68)83(72,5)6)85(77-40-23-19-32-61(77)54-27-12-8-13-28-54)58-42-46-65-63-34-17-21-37-71(63)82(3,4)74(65)51-58/h7-52H,1-6H3. The van der Waals surface area contributed by atoms with Gasteiger partial charge in [0, 0.05) is 50.1 Å². The summed E-state index contributed by atoms with van der Waals surface area (Å²) in [5.74, 6) is 0. The highest BCUT2D eigenvalue weighted by molar-refractivity contribution is 6.24. The predicted octanol–water partition coefficient (Wildman–Crippen LogP) is 22.9. The highest BCUT2D eigenvalue weighted by Gasteiger charge is 2.40. The number of nitrogens with zero attached hydrogens (tertiary/aromatic N) is 2. The van der Waals surface area contributed by atoms with Crippen molar-refractivity contribution in [1.29, 1.82) is 0 Å². The Kier molecular flexibility index (Phi) is 11.3. The van der Waals surface area contributed by atoms with Crippen LogP contribution in [-0.2, 0) is 16.2 Å². The molecule has 0 aromatic heterocycles. The molecule has 85 heavy (non-hydrogen) atoms. The van der Waals surface area contributed by atoms with E-state index in [2.05, 4.69) is 330 Å². The Morgan fingerprint density at radius 1 is 0.224 bits per heavy atom. The number of rotatable bonds is 9. The van der Waals surface area contributed by atoms with Crippen molar-refractivity contribution in [3.8, 4) is 66.8 Å². The third kappa shape index (κ3) is 7.64. The summed E-state index contributed by atoms with van der Waals surface area (Å²) in [4.78, 5) is 5.04. The normalized spacial score (nSPS) is 14.3. The van der Waals surface area contributed by atoms with Crippen LogP contribution < -0.4 is 9.80 Å². The van der Waals surface area contributed by atoms with E-state index in [1.807, 2.05) is 0 Å². The summed E-state index contributed by atoms with van der Waals surface area (Å²) in [5.41, 5.74) is 29.1. The number of fused-ring (bicyclic) bond motifs is 10. The molecular weight excluding hydrogens is 1020 g/mol. The lowest BCUT2D eigenvalue weighted by Crippen LogP contribution is -2.25. The molecule has 0 saturated heterocycles. The van der Waals surface area contributed by atoms with Crippen molar-refractivity contribution in [3.63, 3.8) is 0 Å². The smallest absolute Gasteiger partial charge is 0.0540 e. The molecule has 0 aliphatic heterocycles. The molecular formula is C83H64N2. The van der Waals surface area contributed by atoms with E-state index in [-0.39, 0.29) is 10.8 Å². The molecule has 0 fully saturated rings. The summed E-state index contributed by atoms with van der Waals surface area (Å²) >= 11 is 0. The lowest BCUT2D eigenvalue weighted by Gasteiger charge is -2.38. The van der Waals surface area contributed by atoms with Gasteiger partial charge in [-0.2, -0.15) is 0 Å². The zero-order valence-corrected chi connectivity index (χ0v) is 49.0. The van der Waals surface area contributed by atoms with Gasteiger partial charge in [-0.15, -0.1) is 0 Å². The largest absolute Gasteiger partial charge is 0.310 e. The van der Waals surface area contributed by atoms with Crippen LogP contribution in [0.2, 0.25) is 0 Å². The Bertz CT molecular complexity index is 4850. The summed E-state index contributed by atoms with van der Waals surface area (Å²) in [5, 5.41) is 5.03. The van der Waals surface area contributed by atoms with Crippen LogP contribution in [0.25, 0.3) is 88.3 Å². The predicted molar refractivity (Wildman–Crippen MR) is 360 cm³/mol. The second-order valence-electron chi connectivity index (χ2n) is 25.2. The van der Waals surface area contributed by atoms with Crippen molar-refractivity contribution in [2.24, 2.45) is 0 Å². The first-order valence-electron chi connectivity index (χ1n) is 30.1. The molecule has 13 aromatic carbocycles. The van der Waals surface area contributed by atoms with E-state index in [9.17, 15) is 0 Å². The van der Waals surface area contributed by atoms with Gasteiger partial charge in [0.1, 0.15) is 0 Å². The summed E-state index contributed by atoms with van der Waals surface area (Å²) in [6.45, 7) is 14.4. The van der Waals surface area contributed by atoms with Crippen LogP contribution in [0.1, 0.15) is 74.9 Å². The fourth-order valence-corrected chi connectivity index (χ4v) is 15.2. The Hall–Kier alpha value is -10.0. The van der Waals surface area contributed by atoms with Crippen molar-refractivity contribution >= 4 is 55.7 Å². The minimum absolute atomic E-state index is 0.166. The summed E-state index contributed by atoms with van der Waals surface area (Å²) in [6, 6.07) is 105. The number of anilines is 6. The van der Waals surface area contributed by atoms with Crippen LogP contribution >= 0.6 is 0 Å². The van der Waals surface area contributed by atoms with Gasteiger partial charge in [-0.3, -0.25) is 0 Å². The van der Waals surface area contributed by atoms with Crippen LogP contribution in [0.15, 0.2) is 279 Å². The first kappa shape index (κ1) is 50.7. The van der Waals surface area contributed by atoms with Gasteiger partial charge in [-0.1, -0.05) is 260 Å². The Balaban J connectivity index is 0.925. The number of para-hydroxylation sites is 2. The van der Waals surface area contributed by atoms with Crippen molar-refractivity contribution in [1.82, 2.24) is 0 Å². The van der Waals surface area contributed by atoms with Gasteiger partial charge in [-0.05, 0) is 171 Å². The molecule has 13 aromatic rings. The molecule has 0 radical (unpaired) electrons. The molecule has 3 aliphatic carbocycles. The van der Waals surface area contributed by atoms with Gasteiger partial charge in [0.25, 0.3) is 0 Å². The van der Waals surface area contributed by atoms with Crippen LogP contribution in [0.4, 0.5) is 34.1 Å². The molecule has 3 aliphatic rings. The topological polar surface area (TPSA) is 6.48 Å². The molecule has 0 N–H and O–H groups in total. The van der Waals surface area contributed by atoms with E-state index in [0.717, 1.165) is 34.1 Å². The molecule has 0 spiro atoms. The lowest BCUT2D eigenvalue weighted by atomic mass is 9.66. The fourth-order valence-electron chi connectivity index (χ4n) is 15.2. The van der Waals surface area contributed by atoms with Crippen LogP contribution in [0, 0.1) is 0 Å². The van der Waals surface area contributed by atoms with Crippen molar-refractivity contribution in [2.45, 2.75) is 57.8 Å². The van der Waals surface area contributed by atoms with Gasteiger partial charge in [-0.25, -0.2) is 0 Å². The van der Waals surface area contributed by atoms with Crippen molar-refractivity contribution in [3.05, 3.63) is 312 Å². The highest BCUT2D eigenvalue weighted by atomic mass is 15.2. The quantitative estimate of drug-likeness (QED) is 0.133. The molecule has 0 atom stereocenters. The van der Waals surface area contributed by atoms with Crippen LogP contribution in [0.5, 0.6) is 0 Å². The average Bonchev–Trinajstić information content (AvgIpc) is 1.54. The minimum atomic E-state index is -0.390. The summed E-state index contributed by atoms with van der Waals surface area (Å²) in [7, 11) is 0. The maximum absolute atomic E-state index is 2.52. The number of hydrogen-bond donors (Lipinski definition) is 0. The molecule has 0 unspecified atom stereocenters. The third-order valence-corrected chi connectivity index (χ3v) is 19.4. The number of benzene rings is 13. The molecule has 406 valence electrons. The molecule has 0 heterocycles. The molecule has 0 amide bonds. The minimum Gasteiger partial charge on any atom is -0.310 e. The van der Waals surface area contributed by atoms with Crippen molar-refractivity contribution < 1.29 is 0 Å². The maximum Gasteiger partial charge on any atom is 0.0540 e. The maximum atomic E-state index is 2.52. The SMILES string of the molecule is CC1(C)c2ccccc2-c2ccc(N(c3ccc4c(c3)C(C)(C)c3cccc5c3c-4c(-c3ccccc3)c3ccc(N(c4ccc6c(c4)C(C)(C)c4ccccc4-6)c4ccccc4-c4ccccc4)cc35)c3ccccc3-c3ccccc3)cc21. The first-order valence-corrected chi connectivity index (χ1v) is 30.1. The Morgan fingerprint density at radius 3 is 1.09 bits per heavy atom. The zero-order valence-electron chi connectivity index (χ0n) is 49.0. The average molecular weight is 1090 g/mol. The van der Waals surface area contributed by atoms with E-state index in [1.54, 1.807) is 0 Å². The molecule has 0 bridgehead atoms. The summed E-state index contributed by atoms with van der Waals surface area (Å²) in [6.07, 6.45) is 0. The summed E-state index contributed by atoms with van der Waals surface area (Å²) < 4.78 is 0. The van der Waals surface area contributed by atoms with E-state index in [0.29, 0.717) is 0 Å². The first-order chi connectivity index (χ1) is 41.5. The van der Waals surface area contributed by atoms with Crippen LogP contribution in [-0.4, -0.2) is 0 Å². The van der Waals surface area contributed by atoms with Gasteiger partial charge in [0.05, 0.1) is 11.4 Å². The Morgan fingerprint density at radius 2 is 0.588 bits per heavy atom. The van der Waals surface area contributed by atoms with E-state index >= 15 is 0 Å². The number of hydrogen-bond acceptors (Lipinski definition) is 2. The molecule has 0 saturated carbocycles. The van der Waals surface area contributed by atoms with Gasteiger partial charge >= 0.3 is 0 Å². The van der Waals surface area contributed by atoms with Crippen LogP contribution in [0.3, 0.4) is 0 Å². The van der Waals surface area contributed by atoms with Gasteiger partial charge in [0.2, 0.25) is 0 Å². The van der Waals surface area contributed by atoms with Crippen molar-refractivity contribution in [2.75, 3.05) is 9.80 Å². The van der Waals surface area contributed by atoms with Gasteiger partial charge < -0.3 is 9.80 Å². The molecule has 2 nitrogen and oxygen atoms in total. The van der Waals surface area contributed by atoms with E-state index < -0.39 is 5.41 Å². The van der Waals surface area contributed by atoms with E-state index in [4.69, 9.17) is 0 Å². The fraction of sp³-hybridized carbons (Fsp3) is 0.108.